The summed E-state index contributed by atoms with van der Waals surface area (Å²) in [5.41, 5.74) is 2.12. The second kappa shape index (κ2) is 7.23. The third kappa shape index (κ3) is 5.14. The Hall–Kier alpha value is -1.15. The number of hydrogen-bond acceptors (Lipinski definition) is 2. The van der Waals surface area contributed by atoms with Crippen molar-refractivity contribution in [3.8, 4) is 0 Å². The van der Waals surface area contributed by atoms with Gasteiger partial charge >= 0.3 is 0 Å². The minimum atomic E-state index is 0.255. The maximum absolute atomic E-state index is 11.9. The summed E-state index contributed by atoms with van der Waals surface area (Å²) in [4.78, 5) is 11.9. The molecule has 0 spiro atoms. The molecule has 0 saturated heterocycles. The number of carbonyl (C=O) groups excluding carboxylic acids is 1. The van der Waals surface area contributed by atoms with E-state index in [-0.39, 0.29) is 5.78 Å². The van der Waals surface area contributed by atoms with Crippen LogP contribution in [0.15, 0.2) is 24.3 Å². The first kappa shape index (κ1) is 13.9. The maximum atomic E-state index is 11.9. The summed E-state index contributed by atoms with van der Waals surface area (Å²) in [5, 5.41) is 3.06. The van der Waals surface area contributed by atoms with Crippen molar-refractivity contribution in [3.05, 3.63) is 35.4 Å². The van der Waals surface area contributed by atoms with E-state index in [2.05, 4.69) is 25.2 Å². The summed E-state index contributed by atoms with van der Waals surface area (Å²) in [5.74, 6) is 0.885. The van der Waals surface area contributed by atoms with E-state index in [1.807, 2.05) is 25.2 Å². The number of benzene rings is 1. The van der Waals surface area contributed by atoms with Gasteiger partial charge in [-0.25, -0.2) is 0 Å². The number of Topliss-reactive ketones (excluding diaryl/α,β-unsaturated/α-hetero) is 1. The Morgan fingerprint density at radius 1 is 1.35 bits per heavy atom. The Morgan fingerprint density at radius 3 is 2.76 bits per heavy atom. The normalized spacial score (nSPS) is 10.8. The molecule has 0 radical (unpaired) electrons. The van der Waals surface area contributed by atoms with Gasteiger partial charge in [-0.3, -0.25) is 4.79 Å². The van der Waals surface area contributed by atoms with Gasteiger partial charge in [0, 0.05) is 12.0 Å². The zero-order chi connectivity index (χ0) is 12.7. The fraction of sp³-hybridized carbons (Fsp3) is 0.533. The molecule has 94 valence electrons. The summed E-state index contributed by atoms with van der Waals surface area (Å²) in [6, 6.07) is 8.06. The SMILES string of the molecule is CNCCCC(=O)c1cccc(CC(C)C)c1. The number of ketones is 1. The Labute approximate surface area is 104 Å². The van der Waals surface area contributed by atoms with Crippen molar-refractivity contribution in [1.29, 1.82) is 0 Å². The highest BCUT2D eigenvalue weighted by Crippen LogP contribution is 2.12. The second-order valence-corrected chi connectivity index (χ2v) is 4.93. The van der Waals surface area contributed by atoms with Gasteiger partial charge in [-0.1, -0.05) is 32.0 Å². The van der Waals surface area contributed by atoms with E-state index < -0.39 is 0 Å². The fourth-order valence-corrected chi connectivity index (χ4v) is 1.91. The molecule has 0 unspecified atom stereocenters. The van der Waals surface area contributed by atoms with E-state index in [1.54, 1.807) is 0 Å². The van der Waals surface area contributed by atoms with Crippen molar-refractivity contribution >= 4 is 5.78 Å². The van der Waals surface area contributed by atoms with Gasteiger partial charge in [-0.05, 0) is 44.0 Å². The molecular formula is C15H23NO. The van der Waals surface area contributed by atoms with Crippen molar-refractivity contribution in [2.75, 3.05) is 13.6 Å². The smallest absolute Gasteiger partial charge is 0.162 e. The predicted molar refractivity (Wildman–Crippen MR) is 72.5 cm³/mol. The van der Waals surface area contributed by atoms with Crippen LogP contribution >= 0.6 is 0 Å². The van der Waals surface area contributed by atoms with Crippen molar-refractivity contribution in [2.24, 2.45) is 5.92 Å². The molecule has 0 aliphatic heterocycles. The van der Waals surface area contributed by atoms with Gasteiger partial charge in [-0.2, -0.15) is 0 Å². The van der Waals surface area contributed by atoms with Crippen molar-refractivity contribution in [1.82, 2.24) is 5.32 Å². The molecule has 0 amide bonds. The highest BCUT2D eigenvalue weighted by atomic mass is 16.1. The van der Waals surface area contributed by atoms with E-state index in [1.165, 1.54) is 5.56 Å². The van der Waals surface area contributed by atoms with Gasteiger partial charge in [0.25, 0.3) is 0 Å². The second-order valence-electron chi connectivity index (χ2n) is 4.93. The minimum absolute atomic E-state index is 0.255. The fourth-order valence-electron chi connectivity index (χ4n) is 1.91. The number of rotatable bonds is 7. The molecule has 1 aromatic carbocycles. The lowest BCUT2D eigenvalue weighted by Crippen LogP contribution is -2.10. The van der Waals surface area contributed by atoms with Gasteiger partial charge in [0.15, 0.2) is 5.78 Å². The predicted octanol–water partition coefficient (Wildman–Crippen LogP) is 3.07. The largest absolute Gasteiger partial charge is 0.320 e. The van der Waals surface area contributed by atoms with E-state index >= 15 is 0 Å². The van der Waals surface area contributed by atoms with Crippen molar-refractivity contribution in [2.45, 2.75) is 33.1 Å². The van der Waals surface area contributed by atoms with Gasteiger partial charge in [0.2, 0.25) is 0 Å². The first-order valence-electron chi connectivity index (χ1n) is 6.40. The number of hydrogen-bond donors (Lipinski definition) is 1. The van der Waals surface area contributed by atoms with Crippen LogP contribution in [0.1, 0.15) is 42.6 Å². The average Bonchev–Trinajstić information content (AvgIpc) is 2.28. The summed E-state index contributed by atoms with van der Waals surface area (Å²) >= 11 is 0. The third-order valence-corrected chi connectivity index (χ3v) is 2.72. The monoisotopic (exact) mass is 233 g/mol. The molecule has 1 N–H and O–H groups in total. The molecule has 1 aromatic rings. The zero-order valence-corrected chi connectivity index (χ0v) is 11.1. The minimum Gasteiger partial charge on any atom is -0.320 e. The van der Waals surface area contributed by atoms with Gasteiger partial charge in [0.05, 0.1) is 0 Å². The number of nitrogens with one attached hydrogen (secondary N) is 1. The topological polar surface area (TPSA) is 29.1 Å². The van der Waals surface area contributed by atoms with Crippen LogP contribution in [0, 0.1) is 5.92 Å². The summed E-state index contributed by atoms with van der Waals surface area (Å²) < 4.78 is 0. The molecule has 2 heteroatoms. The summed E-state index contributed by atoms with van der Waals surface area (Å²) in [6.07, 6.45) is 2.58. The van der Waals surface area contributed by atoms with E-state index in [0.29, 0.717) is 12.3 Å². The molecule has 1 rings (SSSR count). The first-order chi connectivity index (χ1) is 8.13. The van der Waals surface area contributed by atoms with Crippen molar-refractivity contribution in [3.63, 3.8) is 0 Å². The molecule has 0 aromatic heterocycles. The highest BCUT2D eigenvalue weighted by Gasteiger charge is 2.06. The van der Waals surface area contributed by atoms with E-state index in [4.69, 9.17) is 0 Å². The summed E-state index contributed by atoms with van der Waals surface area (Å²) in [7, 11) is 1.91. The first-order valence-corrected chi connectivity index (χ1v) is 6.40. The Balaban J connectivity index is 2.60. The molecule has 0 fully saturated rings. The lowest BCUT2D eigenvalue weighted by atomic mass is 9.98. The maximum Gasteiger partial charge on any atom is 0.162 e. The summed E-state index contributed by atoms with van der Waals surface area (Å²) in [6.45, 7) is 5.29. The van der Waals surface area contributed by atoms with E-state index in [9.17, 15) is 4.79 Å². The van der Waals surface area contributed by atoms with Crippen LogP contribution in [0.2, 0.25) is 0 Å². The average molecular weight is 233 g/mol. The van der Waals surface area contributed by atoms with Crippen LogP contribution < -0.4 is 5.32 Å². The van der Waals surface area contributed by atoms with E-state index in [0.717, 1.165) is 24.9 Å². The van der Waals surface area contributed by atoms with Crippen LogP contribution in [0.3, 0.4) is 0 Å². The molecule has 0 atom stereocenters. The molecule has 0 aliphatic carbocycles. The van der Waals surface area contributed by atoms with Crippen LogP contribution in [-0.4, -0.2) is 19.4 Å². The Kier molecular flexibility index (Phi) is 5.92. The quantitative estimate of drug-likeness (QED) is 0.579. The van der Waals surface area contributed by atoms with Crippen LogP contribution in [-0.2, 0) is 6.42 Å². The highest BCUT2D eigenvalue weighted by molar-refractivity contribution is 5.96. The van der Waals surface area contributed by atoms with Gasteiger partial charge in [0.1, 0.15) is 0 Å². The standard InChI is InChI=1S/C15H23NO/c1-12(2)10-13-6-4-7-14(11-13)15(17)8-5-9-16-3/h4,6-7,11-12,16H,5,8-10H2,1-3H3. The Bertz CT molecular complexity index is 358. The number of carbonyl (C=O) groups is 1. The molecule has 17 heavy (non-hydrogen) atoms. The molecule has 0 saturated carbocycles. The molecule has 0 bridgehead atoms. The lowest BCUT2D eigenvalue weighted by molar-refractivity contribution is 0.0980. The zero-order valence-electron chi connectivity index (χ0n) is 11.1. The van der Waals surface area contributed by atoms with Gasteiger partial charge < -0.3 is 5.32 Å². The molecule has 2 nitrogen and oxygen atoms in total. The third-order valence-electron chi connectivity index (χ3n) is 2.72. The molecular weight excluding hydrogens is 210 g/mol. The van der Waals surface area contributed by atoms with Crippen molar-refractivity contribution < 1.29 is 4.79 Å². The van der Waals surface area contributed by atoms with Crippen LogP contribution in [0.25, 0.3) is 0 Å². The van der Waals surface area contributed by atoms with Gasteiger partial charge in [-0.15, -0.1) is 0 Å². The Morgan fingerprint density at radius 2 is 2.12 bits per heavy atom. The lowest BCUT2D eigenvalue weighted by Gasteiger charge is -2.07. The molecule has 0 heterocycles. The molecule has 0 aliphatic rings. The van der Waals surface area contributed by atoms with Crippen LogP contribution in [0.5, 0.6) is 0 Å². The van der Waals surface area contributed by atoms with Crippen LogP contribution in [0.4, 0.5) is 0 Å².